The number of nitrogens with zero attached hydrogens (tertiary/aromatic N) is 2. The van der Waals surface area contributed by atoms with Gasteiger partial charge in [-0.1, -0.05) is 42.8 Å². The lowest BCUT2D eigenvalue weighted by Crippen LogP contribution is -2.29. The lowest BCUT2D eigenvalue weighted by Gasteiger charge is -2.25. The van der Waals surface area contributed by atoms with E-state index < -0.39 is 17.7 Å². The summed E-state index contributed by atoms with van der Waals surface area (Å²) in [5.74, 6) is -0.792. The molecule has 1 aliphatic rings. The van der Waals surface area contributed by atoms with E-state index in [1.165, 1.54) is 4.90 Å². The van der Waals surface area contributed by atoms with Crippen LogP contribution in [0.2, 0.25) is 0 Å². The van der Waals surface area contributed by atoms with Crippen molar-refractivity contribution in [1.82, 2.24) is 9.88 Å². The van der Waals surface area contributed by atoms with Crippen molar-refractivity contribution in [2.24, 2.45) is 0 Å². The molecule has 1 aromatic heterocycles. The van der Waals surface area contributed by atoms with Crippen molar-refractivity contribution < 1.29 is 19.4 Å². The molecule has 0 saturated carbocycles. The molecule has 174 valence electrons. The van der Waals surface area contributed by atoms with Crippen LogP contribution >= 0.6 is 0 Å². The van der Waals surface area contributed by atoms with Crippen LogP contribution in [-0.2, 0) is 16.1 Å². The second-order valence-electron chi connectivity index (χ2n) is 8.52. The molecule has 3 aromatic rings. The molecule has 1 saturated heterocycles. The summed E-state index contributed by atoms with van der Waals surface area (Å²) in [5.41, 5.74) is 3.93. The number of aromatic nitrogens is 1. The quantitative estimate of drug-likeness (QED) is 0.304. The van der Waals surface area contributed by atoms with Crippen molar-refractivity contribution in [3.05, 3.63) is 100 Å². The highest BCUT2D eigenvalue weighted by Crippen LogP contribution is 2.41. The Hall–Kier alpha value is -3.93. The van der Waals surface area contributed by atoms with Gasteiger partial charge in [0, 0.05) is 24.5 Å². The zero-order valence-electron chi connectivity index (χ0n) is 19.6. The first-order valence-corrected chi connectivity index (χ1v) is 11.4. The molecule has 1 unspecified atom stereocenters. The zero-order chi connectivity index (χ0) is 24.2. The zero-order valence-corrected chi connectivity index (χ0v) is 19.6. The van der Waals surface area contributed by atoms with Gasteiger partial charge in [-0.2, -0.15) is 0 Å². The number of ether oxygens (including phenoxy) is 1. The lowest BCUT2D eigenvalue weighted by molar-refractivity contribution is -0.140. The van der Waals surface area contributed by atoms with Crippen LogP contribution in [0.4, 0.5) is 0 Å². The SMILES string of the molecule is CCCOc1ccc(C2/C(=C(\O)c3cc(C)ccc3C)C(=O)C(=O)N2Cc2cccnc2)cc1. The van der Waals surface area contributed by atoms with Gasteiger partial charge in [0.1, 0.15) is 11.5 Å². The number of Topliss-reactive ketones (excluding diaryl/α,β-unsaturated/α-hetero) is 1. The smallest absolute Gasteiger partial charge is 0.295 e. The Balaban J connectivity index is 1.84. The van der Waals surface area contributed by atoms with Crippen LogP contribution in [0.3, 0.4) is 0 Å². The number of aryl methyl sites for hydroxylation is 2. The Morgan fingerprint density at radius 2 is 1.85 bits per heavy atom. The molecule has 6 nitrogen and oxygen atoms in total. The van der Waals surface area contributed by atoms with E-state index in [0.29, 0.717) is 17.9 Å². The third kappa shape index (κ3) is 4.57. The number of likely N-dealkylation sites (tertiary alicyclic amines) is 1. The Morgan fingerprint density at radius 3 is 2.53 bits per heavy atom. The molecule has 4 rings (SSSR count). The fraction of sp³-hybridized carbons (Fsp3) is 0.250. The molecule has 6 heteroatoms. The molecule has 1 amide bonds. The summed E-state index contributed by atoms with van der Waals surface area (Å²) in [4.78, 5) is 32.1. The van der Waals surface area contributed by atoms with Crippen molar-refractivity contribution in [3.8, 4) is 5.75 Å². The van der Waals surface area contributed by atoms with Crippen LogP contribution < -0.4 is 4.74 Å². The largest absolute Gasteiger partial charge is 0.507 e. The Morgan fingerprint density at radius 1 is 1.09 bits per heavy atom. The molecule has 0 aliphatic carbocycles. The standard InChI is InChI=1S/C28H28N2O4/c1-4-14-34-22-11-9-21(10-12-22)25-24(26(31)23-15-18(2)7-8-19(23)3)27(32)28(33)30(25)17-20-6-5-13-29-16-20/h5-13,15-16,25,31H,4,14,17H2,1-3H3/b26-24+. The van der Waals surface area contributed by atoms with Gasteiger partial charge in [-0.25, -0.2) is 0 Å². The Bertz CT molecular complexity index is 1230. The van der Waals surface area contributed by atoms with Crippen LogP contribution in [0.1, 0.15) is 47.2 Å². The number of rotatable bonds is 7. The minimum atomic E-state index is -0.736. The topological polar surface area (TPSA) is 79.7 Å². The van der Waals surface area contributed by atoms with E-state index in [4.69, 9.17) is 4.74 Å². The molecule has 1 N–H and O–H groups in total. The van der Waals surface area contributed by atoms with Crippen LogP contribution in [-0.4, -0.2) is 33.3 Å². The molecule has 1 aliphatic heterocycles. The number of carbonyl (C=O) groups excluding carboxylic acids is 2. The van der Waals surface area contributed by atoms with Crippen molar-refractivity contribution in [2.45, 2.75) is 39.8 Å². The molecule has 0 spiro atoms. The van der Waals surface area contributed by atoms with Gasteiger partial charge in [0.05, 0.1) is 18.2 Å². The van der Waals surface area contributed by atoms with Crippen LogP contribution in [0.15, 0.2) is 72.6 Å². The highest BCUT2D eigenvalue weighted by molar-refractivity contribution is 6.46. The second-order valence-corrected chi connectivity index (χ2v) is 8.52. The fourth-order valence-electron chi connectivity index (χ4n) is 4.18. The minimum Gasteiger partial charge on any atom is -0.507 e. The number of hydrogen-bond donors (Lipinski definition) is 1. The molecule has 2 heterocycles. The first-order valence-electron chi connectivity index (χ1n) is 11.4. The maximum absolute atomic E-state index is 13.3. The summed E-state index contributed by atoms with van der Waals surface area (Å²) in [6.07, 6.45) is 4.22. The van der Waals surface area contributed by atoms with Crippen LogP contribution in [0, 0.1) is 13.8 Å². The highest BCUT2D eigenvalue weighted by atomic mass is 16.5. The van der Waals surface area contributed by atoms with E-state index in [0.717, 1.165) is 28.7 Å². The third-order valence-corrected chi connectivity index (χ3v) is 5.93. The van der Waals surface area contributed by atoms with Gasteiger partial charge in [0.15, 0.2) is 0 Å². The maximum atomic E-state index is 13.3. The number of ketones is 1. The first-order chi connectivity index (χ1) is 16.4. The highest BCUT2D eigenvalue weighted by Gasteiger charge is 2.46. The molecule has 34 heavy (non-hydrogen) atoms. The van der Waals surface area contributed by atoms with Gasteiger partial charge in [-0.05, 0) is 61.2 Å². The van der Waals surface area contributed by atoms with Crippen molar-refractivity contribution in [3.63, 3.8) is 0 Å². The average Bonchev–Trinajstić information content (AvgIpc) is 3.09. The summed E-state index contributed by atoms with van der Waals surface area (Å²) in [6.45, 7) is 6.62. The fourth-order valence-corrected chi connectivity index (χ4v) is 4.18. The monoisotopic (exact) mass is 456 g/mol. The summed E-state index contributed by atoms with van der Waals surface area (Å²) >= 11 is 0. The molecule has 1 fully saturated rings. The minimum absolute atomic E-state index is 0.0878. The number of benzene rings is 2. The second kappa shape index (κ2) is 9.91. The molecular weight excluding hydrogens is 428 g/mol. The number of carbonyl (C=O) groups is 2. The number of amides is 1. The average molecular weight is 457 g/mol. The molecule has 1 atom stereocenters. The molecule has 0 radical (unpaired) electrons. The number of aliphatic hydroxyl groups is 1. The lowest BCUT2D eigenvalue weighted by atomic mass is 9.93. The van der Waals surface area contributed by atoms with Gasteiger partial charge in [-0.15, -0.1) is 0 Å². The molecular formula is C28H28N2O4. The van der Waals surface area contributed by atoms with Gasteiger partial charge in [-0.3, -0.25) is 14.6 Å². The van der Waals surface area contributed by atoms with E-state index in [9.17, 15) is 14.7 Å². The van der Waals surface area contributed by atoms with Crippen molar-refractivity contribution in [2.75, 3.05) is 6.61 Å². The van der Waals surface area contributed by atoms with Gasteiger partial charge in [0.2, 0.25) is 0 Å². The van der Waals surface area contributed by atoms with E-state index in [1.54, 1.807) is 18.5 Å². The van der Waals surface area contributed by atoms with Gasteiger partial charge < -0.3 is 14.7 Å². The molecule has 2 aromatic carbocycles. The number of hydrogen-bond acceptors (Lipinski definition) is 5. The number of pyridine rings is 1. The van der Waals surface area contributed by atoms with Crippen molar-refractivity contribution >= 4 is 17.4 Å². The van der Waals surface area contributed by atoms with E-state index >= 15 is 0 Å². The normalized spacial score (nSPS) is 17.3. The third-order valence-electron chi connectivity index (χ3n) is 5.93. The summed E-state index contributed by atoms with van der Waals surface area (Å²) in [7, 11) is 0. The van der Waals surface area contributed by atoms with E-state index in [-0.39, 0.29) is 17.9 Å². The number of aliphatic hydroxyl groups excluding tert-OH is 1. The van der Waals surface area contributed by atoms with Gasteiger partial charge in [0.25, 0.3) is 11.7 Å². The first kappa shape index (κ1) is 23.2. The Kier molecular flexibility index (Phi) is 6.77. The van der Waals surface area contributed by atoms with Crippen molar-refractivity contribution in [1.29, 1.82) is 0 Å². The molecule has 0 bridgehead atoms. The predicted molar refractivity (Wildman–Crippen MR) is 130 cm³/mol. The van der Waals surface area contributed by atoms with E-state index in [2.05, 4.69) is 4.98 Å². The predicted octanol–water partition coefficient (Wildman–Crippen LogP) is 5.11. The summed E-state index contributed by atoms with van der Waals surface area (Å²) in [6, 6.07) is 15.9. The van der Waals surface area contributed by atoms with Crippen LogP contribution in [0.5, 0.6) is 5.75 Å². The van der Waals surface area contributed by atoms with Crippen LogP contribution in [0.25, 0.3) is 5.76 Å². The summed E-state index contributed by atoms with van der Waals surface area (Å²) in [5, 5.41) is 11.3. The maximum Gasteiger partial charge on any atom is 0.295 e. The summed E-state index contributed by atoms with van der Waals surface area (Å²) < 4.78 is 5.69. The Labute approximate surface area is 199 Å². The van der Waals surface area contributed by atoms with Gasteiger partial charge >= 0.3 is 0 Å². The van der Waals surface area contributed by atoms with E-state index in [1.807, 2.05) is 69.3 Å².